The zero-order valence-corrected chi connectivity index (χ0v) is 17.8. The van der Waals surface area contributed by atoms with E-state index in [1.165, 1.54) is 11.0 Å². The summed E-state index contributed by atoms with van der Waals surface area (Å²) in [5, 5.41) is 0.692. The molecule has 0 radical (unpaired) electrons. The first kappa shape index (κ1) is 22.9. The Labute approximate surface area is 187 Å². The Morgan fingerprint density at radius 3 is 2.70 bits per heavy atom. The van der Waals surface area contributed by atoms with Gasteiger partial charge in [0, 0.05) is 30.2 Å². The van der Waals surface area contributed by atoms with Gasteiger partial charge in [-0.1, -0.05) is 0 Å². The molecule has 1 aromatic carbocycles. The maximum Gasteiger partial charge on any atom is 0.417 e. The topological polar surface area (TPSA) is 81.3 Å². The van der Waals surface area contributed by atoms with Crippen LogP contribution in [0.1, 0.15) is 33.6 Å². The van der Waals surface area contributed by atoms with Crippen molar-refractivity contribution in [2.75, 3.05) is 18.9 Å². The molecule has 2 N–H and O–H groups in total. The molecule has 2 aromatic heterocycles. The summed E-state index contributed by atoms with van der Waals surface area (Å²) in [7, 11) is 0. The van der Waals surface area contributed by atoms with Crippen LogP contribution >= 0.6 is 0 Å². The lowest BCUT2D eigenvalue weighted by molar-refractivity contribution is -0.137. The zero-order chi connectivity index (χ0) is 23.8. The second-order valence-electron chi connectivity index (χ2n) is 8.01. The largest absolute Gasteiger partial charge is 0.417 e. The third-order valence-corrected chi connectivity index (χ3v) is 5.68. The van der Waals surface area contributed by atoms with Crippen LogP contribution in [0.25, 0.3) is 10.9 Å². The molecule has 1 saturated heterocycles. The molecule has 33 heavy (non-hydrogen) atoms. The molecule has 3 aromatic rings. The van der Waals surface area contributed by atoms with Gasteiger partial charge in [0.05, 0.1) is 36.0 Å². The molecule has 4 rings (SSSR count). The average molecular weight is 462 g/mol. The number of hydrogen-bond acceptors (Lipinski definition) is 5. The quantitative estimate of drug-likeness (QED) is 0.585. The maximum atomic E-state index is 14.8. The Morgan fingerprint density at radius 2 is 2.03 bits per heavy atom. The van der Waals surface area contributed by atoms with Gasteiger partial charge < -0.3 is 15.4 Å². The van der Waals surface area contributed by atoms with Crippen LogP contribution in [0.5, 0.6) is 0 Å². The lowest BCUT2D eigenvalue weighted by Gasteiger charge is -2.36. The van der Waals surface area contributed by atoms with Crippen LogP contribution in [0.3, 0.4) is 0 Å². The number of benzene rings is 1. The van der Waals surface area contributed by atoms with Gasteiger partial charge in [-0.15, -0.1) is 0 Å². The number of carbonyl (C=O) groups is 1. The number of ether oxygens (including phenoxy) is 1. The highest BCUT2D eigenvalue weighted by molar-refractivity contribution is 5.98. The Bertz CT molecular complexity index is 1170. The van der Waals surface area contributed by atoms with Gasteiger partial charge in [-0.2, -0.15) is 13.2 Å². The van der Waals surface area contributed by atoms with Crippen LogP contribution in [0.4, 0.5) is 23.4 Å². The van der Waals surface area contributed by atoms with E-state index in [-0.39, 0.29) is 37.4 Å². The number of nitrogen functional groups attached to an aromatic ring is 1. The average Bonchev–Trinajstić information content (AvgIpc) is 2.78. The summed E-state index contributed by atoms with van der Waals surface area (Å²) in [6.07, 6.45) is -5.03. The fraction of sp³-hybridized carbons (Fsp3) is 0.348. The smallest absolute Gasteiger partial charge is 0.383 e. The molecule has 1 fully saturated rings. The first-order valence-corrected chi connectivity index (χ1v) is 10.4. The number of rotatable bonds is 4. The molecule has 0 unspecified atom stereocenters. The molecule has 3 heterocycles. The number of alkyl halides is 4. The number of hydrogen-bond donors (Lipinski definition) is 1. The highest BCUT2D eigenvalue weighted by Crippen LogP contribution is 2.29. The maximum absolute atomic E-state index is 14.8. The SMILES string of the molecule is Cc1cc2cc(C(=O)N(Cc3ccc(C(F)(F)F)cn3)[C@@H]3COCC[C@H]3F)ccc2nc1N. The van der Waals surface area contributed by atoms with Gasteiger partial charge in [0.1, 0.15) is 12.0 Å². The third-order valence-electron chi connectivity index (χ3n) is 5.68. The lowest BCUT2D eigenvalue weighted by atomic mass is 10.0. The van der Waals surface area contributed by atoms with Crippen molar-refractivity contribution in [2.24, 2.45) is 0 Å². The van der Waals surface area contributed by atoms with Crippen molar-refractivity contribution in [3.63, 3.8) is 0 Å². The summed E-state index contributed by atoms with van der Waals surface area (Å²) >= 11 is 0. The fourth-order valence-corrected chi connectivity index (χ4v) is 3.78. The van der Waals surface area contributed by atoms with Crippen molar-refractivity contribution in [3.05, 3.63) is 65.0 Å². The van der Waals surface area contributed by atoms with Crippen LogP contribution in [-0.2, 0) is 17.5 Å². The normalized spacial score (nSPS) is 18.9. The van der Waals surface area contributed by atoms with Gasteiger partial charge in [-0.25, -0.2) is 9.37 Å². The van der Waals surface area contributed by atoms with Crippen molar-refractivity contribution in [2.45, 2.75) is 38.3 Å². The summed E-state index contributed by atoms with van der Waals surface area (Å²) in [5.74, 6) is -0.0950. The zero-order valence-electron chi connectivity index (χ0n) is 17.8. The molecule has 174 valence electrons. The summed E-state index contributed by atoms with van der Waals surface area (Å²) in [5.41, 5.74) is 6.81. The van der Waals surface area contributed by atoms with Crippen LogP contribution in [0.2, 0.25) is 0 Å². The number of nitrogens with two attached hydrogens (primary N) is 1. The Balaban J connectivity index is 1.67. The first-order chi connectivity index (χ1) is 15.6. The summed E-state index contributed by atoms with van der Waals surface area (Å²) in [6.45, 7) is 1.85. The number of pyridine rings is 2. The second-order valence-corrected chi connectivity index (χ2v) is 8.01. The molecule has 0 saturated carbocycles. The van der Waals surface area contributed by atoms with Crippen LogP contribution in [0, 0.1) is 6.92 Å². The molecule has 0 spiro atoms. The molecular weight excluding hydrogens is 440 g/mol. The fourth-order valence-electron chi connectivity index (χ4n) is 3.78. The number of halogens is 4. The highest BCUT2D eigenvalue weighted by atomic mass is 19.4. The van der Waals surface area contributed by atoms with Gasteiger partial charge in [0.2, 0.25) is 0 Å². The Kier molecular flexibility index (Phi) is 6.20. The van der Waals surface area contributed by atoms with Gasteiger partial charge in [0.15, 0.2) is 0 Å². The van der Waals surface area contributed by atoms with Crippen molar-refractivity contribution in [1.82, 2.24) is 14.9 Å². The van der Waals surface area contributed by atoms with E-state index in [0.29, 0.717) is 22.9 Å². The highest BCUT2D eigenvalue weighted by Gasteiger charge is 2.35. The van der Waals surface area contributed by atoms with E-state index in [4.69, 9.17) is 10.5 Å². The minimum absolute atomic E-state index is 0.0156. The molecule has 1 aliphatic heterocycles. The van der Waals surface area contributed by atoms with Crippen LogP contribution in [0.15, 0.2) is 42.6 Å². The molecule has 6 nitrogen and oxygen atoms in total. The lowest BCUT2D eigenvalue weighted by Crippen LogP contribution is -2.50. The number of aromatic nitrogens is 2. The van der Waals surface area contributed by atoms with E-state index < -0.39 is 29.9 Å². The van der Waals surface area contributed by atoms with Gasteiger partial charge in [-0.05, 0) is 48.9 Å². The van der Waals surface area contributed by atoms with Gasteiger partial charge in [0.25, 0.3) is 5.91 Å². The van der Waals surface area contributed by atoms with Crippen molar-refractivity contribution in [3.8, 4) is 0 Å². The summed E-state index contributed by atoms with van der Waals surface area (Å²) < 4.78 is 58.8. The van der Waals surface area contributed by atoms with Crippen LogP contribution < -0.4 is 5.73 Å². The van der Waals surface area contributed by atoms with Crippen LogP contribution in [-0.4, -0.2) is 46.2 Å². The number of amides is 1. The number of fused-ring (bicyclic) bond motifs is 1. The predicted molar refractivity (Wildman–Crippen MR) is 114 cm³/mol. The predicted octanol–water partition coefficient (Wildman–Crippen LogP) is 4.31. The van der Waals surface area contributed by atoms with E-state index in [9.17, 15) is 22.4 Å². The molecule has 0 aliphatic carbocycles. The van der Waals surface area contributed by atoms with E-state index in [1.807, 2.05) is 0 Å². The summed E-state index contributed by atoms with van der Waals surface area (Å²) in [4.78, 5) is 22.9. The Hall–Kier alpha value is -3.27. The van der Waals surface area contributed by atoms with E-state index in [0.717, 1.165) is 11.6 Å². The molecule has 1 amide bonds. The summed E-state index contributed by atoms with van der Waals surface area (Å²) in [6, 6.07) is 7.85. The van der Waals surface area contributed by atoms with Gasteiger partial charge in [-0.3, -0.25) is 9.78 Å². The van der Waals surface area contributed by atoms with Gasteiger partial charge >= 0.3 is 6.18 Å². The molecule has 10 heteroatoms. The number of nitrogens with zero attached hydrogens (tertiary/aromatic N) is 3. The van der Waals surface area contributed by atoms with Crippen molar-refractivity contribution < 1.29 is 27.1 Å². The van der Waals surface area contributed by atoms with E-state index >= 15 is 0 Å². The minimum Gasteiger partial charge on any atom is -0.383 e. The molecular formula is C23H22F4N4O2. The number of aryl methyl sites for hydroxylation is 1. The minimum atomic E-state index is -4.52. The molecule has 0 bridgehead atoms. The van der Waals surface area contributed by atoms with E-state index in [1.54, 1.807) is 31.2 Å². The van der Waals surface area contributed by atoms with Crippen molar-refractivity contribution in [1.29, 1.82) is 0 Å². The van der Waals surface area contributed by atoms with Crippen molar-refractivity contribution >= 4 is 22.6 Å². The number of anilines is 1. The molecule has 2 atom stereocenters. The third kappa shape index (κ3) is 4.90. The first-order valence-electron chi connectivity index (χ1n) is 10.4. The monoisotopic (exact) mass is 462 g/mol. The number of carbonyl (C=O) groups excluding carboxylic acids is 1. The van der Waals surface area contributed by atoms with E-state index in [2.05, 4.69) is 9.97 Å². The second kappa shape index (κ2) is 8.93. The molecule has 1 aliphatic rings. The Morgan fingerprint density at radius 1 is 1.24 bits per heavy atom. The standard InChI is InChI=1S/C23H22F4N4O2/c1-13-8-15-9-14(2-5-19(15)30-21(13)28)22(32)31(20-12-33-7-6-18(20)24)11-17-4-3-16(10-29-17)23(25,26)27/h2-5,8-10,18,20H,6-7,11-12H2,1H3,(H2,28,30)/t18-,20-/m1/s1.